The predicted octanol–water partition coefficient (Wildman–Crippen LogP) is 2.92. The van der Waals surface area contributed by atoms with Crippen LogP contribution in [0.1, 0.15) is 18.5 Å². The van der Waals surface area contributed by atoms with Gasteiger partial charge in [-0.15, -0.1) is 0 Å². The van der Waals surface area contributed by atoms with E-state index in [0.29, 0.717) is 5.75 Å². The Morgan fingerprint density at radius 3 is 2.63 bits per heavy atom. The quantitative estimate of drug-likeness (QED) is 0.777. The van der Waals surface area contributed by atoms with E-state index in [1.54, 1.807) is 6.07 Å². The first-order valence-corrected chi connectivity index (χ1v) is 5.97. The molecular formula is C13H18F3NO2. The number of hydrogen-bond acceptors (Lipinski definition) is 3. The van der Waals surface area contributed by atoms with E-state index in [1.807, 2.05) is 32.2 Å². The van der Waals surface area contributed by atoms with Crippen molar-refractivity contribution in [2.24, 2.45) is 0 Å². The highest BCUT2D eigenvalue weighted by molar-refractivity contribution is 5.30. The maximum Gasteiger partial charge on any atom is 0.411 e. The van der Waals surface area contributed by atoms with E-state index >= 15 is 0 Å². The molecule has 0 bridgehead atoms. The third-order valence-corrected chi connectivity index (χ3v) is 2.55. The Kier molecular flexibility index (Phi) is 6.11. The van der Waals surface area contributed by atoms with E-state index in [0.717, 1.165) is 5.56 Å². The molecule has 0 fully saturated rings. The fourth-order valence-electron chi connectivity index (χ4n) is 1.45. The van der Waals surface area contributed by atoms with Crippen LogP contribution in [0.15, 0.2) is 24.3 Å². The summed E-state index contributed by atoms with van der Waals surface area (Å²) in [5.41, 5.74) is 1.05. The Balaban J connectivity index is 2.33. The van der Waals surface area contributed by atoms with Crippen molar-refractivity contribution in [3.8, 4) is 5.75 Å². The molecule has 0 aromatic heterocycles. The predicted molar refractivity (Wildman–Crippen MR) is 66.3 cm³/mol. The molecule has 1 unspecified atom stereocenters. The molecule has 0 spiro atoms. The topological polar surface area (TPSA) is 30.5 Å². The summed E-state index contributed by atoms with van der Waals surface area (Å²) in [6, 6.07) is 7.59. The van der Waals surface area contributed by atoms with Crippen molar-refractivity contribution in [1.82, 2.24) is 5.32 Å². The Hall–Kier alpha value is -1.27. The minimum absolute atomic E-state index is 0.0907. The van der Waals surface area contributed by atoms with Gasteiger partial charge < -0.3 is 14.8 Å². The van der Waals surface area contributed by atoms with Crippen LogP contribution in [-0.2, 0) is 4.74 Å². The SMILES string of the molecule is CNC(C)c1cccc(OCCOCC(F)(F)F)c1. The van der Waals surface area contributed by atoms with Crippen molar-refractivity contribution in [3.05, 3.63) is 29.8 Å². The average molecular weight is 277 g/mol. The largest absolute Gasteiger partial charge is 0.491 e. The maximum absolute atomic E-state index is 11.8. The number of nitrogens with one attached hydrogen (secondary N) is 1. The van der Waals surface area contributed by atoms with Gasteiger partial charge in [0.05, 0.1) is 6.61 Å². The molecule has 19 heavy (non-hydrogen) atoms. The van der Waals surface area contributed by atoms with Crippen LogP contribution in [-0.4, -0.2) is 33.0 Å². The molecule has 0 saturated carbocycles. The number of halogens is 3. The molecule has 1 N–H and O–H groups in total. The maximum atomic E-state index is 11.8. The first-order chi connectivity index (χ1) is 8.92. The van der Waals surface area contributed by atoms with Crippen molar-refractivity contribution in [1.29, 1.82) is 0 Å². The first kappa shape index (κ1) is 15.8. The minimum Gasteiger partial charge on any atom is -0.491 e. The highest BCUT2D eigenvalue weighted by Gasteiger charge is 2.27. The molecule has 1 atom stereocenters. The molecule has 0 aliphatic rings. The van der Waals surface area contributed by atoms with Crippen LogP contribution in [0.2, 0.25) is 0 Å². The van der Waals surface area contributed by atoms with Crippen LogP contribution >= 0.6 is 0 Å². The molecule has 0 heterocycles. The van der Waals surface area contributed by atoms with E-state index in [1.165, 1.54) is 0 Å². The summed E-state index contributed by atoms with van der Waals surface area (Å²) in [6.45, 7) is 0.761. The van der Waals surface area contributed by atoms with Crippen LogP contribution in [0.4, 0.5) is 13.2 Å². The van der Waals surface area contributed by atoms with E-state index in [-0.39, 0.29) is 19.3 Å². The van der Waals surface area contributed by atoms with Crippen molar-refractivity contribution < 1.29 is 22.6 Å². The van der Waals surface area contributed by atoms with Gasteiger partial charge in [-0.3, -0.25) is 0 Å². The molecule has 3 nitrogen and oxygen atoms in total. The van der Waals surface area contributed by atoms with E-state index < -0.39 is 12.8 Å². The fraction of sp³-hybridized carbons (Fsp3) is 0.538. The summed E-state index contributed by atoms with van der Waals surface area (Å²) in [6.07, 6.45) is -4.29. The number of alkyl halides is 3. The van der Waals surface area contributed by atoms with Gasteiger partial charge >= 0.3 is 6.18 Å². The second kappa shape index (κ2) is 7.35. The molecule has 0 saturated heterocycles. The second-order valence-corrected chi connectivity index (χ2v) is 4.10. The van der Waals surface area contributed by atoms with Gasteiger partial charge in [0.2, 0.25) is 0 Å². The molecule has 0 aliphatic carbocycles. The molecule has 6 heteroatoms. The number of benzene rings is 1. The van der Waals surface area contributed by atoms with Crippen LogP contribution in [0, 0.1) is 0 Å². The molecular weight excluding hydrogens is 259 g/mol. The molecule has 0 radical (unpaired) electrons. The minimum atomic E-state index is -4.29. The van der Waals surface area contributed by atoms with Gasteiger partial charge in [-0.1, -0.05) is 12.1 Å². The molecule has 1 rings (SSSR count). The van der Waals surface area contributed by atoms with Gasteiger partial charge in [-0.05, 0) is 31.7 Å². The summed E-state index contributed by atoms with van der Waals surface area (Å²) < 4.78 is 45.2. The second-order valence-electron chi connectivity index (χ2n) is 4.10. The summed E-state index contributed by atoms with van der Waals surface area (Å²) in [7, 11) is 1.85. The zero-order chi connectivity index (χ0) is 14.3. The zero-order valence-corrected chi connectivity index (χ0v) is 11.0. The summed E-state index contributed by atoms with van der Waals surface area (Å²) in [5.74, 6) is 0.621. The third-order valence-electron chi connectivity index (χ3n) is 2.55. The van der Waals surface area contributed by atoms with Gasteiger partial charge in [0.15, 0.2) is 0 Å². The Labute approximate surface area is 110 Å². The van der Waals surface area contributed by atoms with Crippen molar-refractivity contribution >= 4 is 0 Å². The van der Waals surface area contributed by atoms with E-state index in [9.17, 15) is 13.2 Å². The van der Waals surface area contributed by atoms with Gasteiger partial charge in [0, 0.05) is 6.04 Å². The van der Waals surface area contributed by atoms with Crippen molar-refractivity contribution in [3.63, 3.8) is 0 Å². The number of rotatable bonds is 7. The molecule has 0 aliphatic heterocycles. The Morgan fingerprint density at radius 2 is 2.00 bits per heavy atom. The zero-order valence-electron chi connectivity index (χ0n) is 11.0. The van der Waals surface area contributed by atoms with Crippen LogP contribution in [0.3, 0.4) is 0 Å². The lowest BCUT2D eigenvalue weighted by Gasteiger charge is -2.13. The fourth-order valence-corrected chi connectivity index (χ4v) is 1.45. The average Bonchev–Trinajstić information content (AvgIpc) is 2.36. The lowest BCUT2D eigenvalue weighted by Crippen LogP contribution is -2.19. The standard InChI is InChI=1S/C13H18F3NO2/c1-10(17-2)11-4-3-5-12(8-11)19-7-6-18-9-13(14,15)16/h3-5,8,10,17H,6-7,9H2,1-2H3. The Bertz CT molecular complexity index is 382. The van der Waals surface area contributed by atoms with Gasteiger partial charge in [0.25, 0.3) is 0 Å². The van der Waals surface area contributed by atoms with Crippen LogP contribution in [0.5, 0.6) is 5.75 Å². The van der Waals surface area contributed by atoms with E-state index in [4.69, 9.17) is 4.74 Å². The summed E-state index contributed by atoms with van der Waals surface area (Å²) in [5, 5.41) is 3.10. The van der Waals surface area contributed by atoms with Gasteiger partial charge in [-0.2, -0.15) is 13.2 Å². The molecule has 1 aromatic rings. The van der Waals surface area contributed by atoms with Gasteiger partial charge in [0.1, 0.15) is 19.0 Å². The lowest BCUT2D eigenvalue weighted by atomic mass is 10.1. The number of hydrogen-bond donors (Lipinski definition) is 1. The molecule has 108 valence electrons. The number of ether oxygens (including phenoxy) is 2. The third kappa shape index (κ3) is 6.45. The highest BCUT2D eigenvalue weighted by atomic mass is 19.4. The van der Waals surface area contributed by atoms with E-state index in [2.05, 4.69) is 10.1 Å². The first-order valence-electron chi connectivity index (χ1n) is 5.97. The Morgan fingerprint density at radius 1 is 1.26 bits per heavy atom. The smallest absolute Gasteiger partial charge is 0.411 e. The van der Waals surface area contributed by atoms with Crippen LogP contribution in [0.25, 0.3) is 0 Å². The molecule has 0 amide bonds. The molecule has 1 aromatic carbocycles. The van der Waals surface area contributed by atoms with Gasteiger partial charge in [-0.25, -0.2) is 0 Å². The summed E-state index contributed by atoms with van der Waals surface area (Å²) >= 11 is 0. The lowest BCUT2D eigenvalue weighted by molar-refractivity contribution is -0.175. The van der Waals surface area contributed by atoms with Crippen LogP contribution < -0.4 is 10.1 Å². The van der Waals surface area contributed by atoms with Crippen molar-refractivity contribution in [2.45, 2.75) is 19.1 Å². The normalized spacial score (nSPS) is 13.3. The van der Waals surface area contributed by atoms with Crippen molar-refractivity contribution in [2.75, 3.05) is 26.9 Å². The monoisotopic (exact) mass is 277 g/mol. The summed E-state index contributed by atoms with van der Waals surface area (Å²) in [4.78, 5) is 0. The highest BCUT2D eigenvalue weighted by Crippen LogP contribution is 2.19.